The lowest BCUT2D eigenvalue weighted by Crippen LogP contribution is -1.97. The molecule has 0 saturated heterocycles. The van der Waals surface area contributed by atoms with Crippen molar-refractivity contribution in [2.45, 2.75) is 33.6 Å². The van der Waals surface area contributed by atoms with Crippen LogP contribution in [0.1, 0.15) is 32.4 Å². The average molecular weight is 293 g/mol. The van der Waals surface area contributed by atoms with E-state index in [0.717, 1.165) is 18.2 Å². The minimum absolute atomic E-state index is 0.340. The number of ether oxygens (including phenoxy) is 1. The van der Waals surface area contributed by atoms with Crippen molar-refractivity contribution in [2.75, 3.05) is 13.7 Å². The fourth-order valence-corrected chi connectivity index (χ4v) is 1.57. The summed E-state index contributed by atoms with van der Waals surface area (Å²) in [4.78, 5) is 3.89. The van der Waals surface area contributed by atoms with Crippen molar-refractivity contribution in [1.29, 1.82) is 0 Å². The third-order valence-corrected chi connectivity index (χ3v) is 3.18. The summed E-state index contributed by atoms with van der Waals surface area (Å²) in [5.41, 5.74) is 0.908. The first kappa shape index (κ1) is 17.3. The first-order chi connectivity index (χ1) is 10.1. The van der Waals surface area contributed by atoms with Gasteiger partial charge in [0.25, 0.3) is 0 Å². The Morgan fingerprint density at radius 1 is 1.33 bits per heavy atom. The molecule has 0 aromatic carbocycles. The van der Waals surface area contributed by atoms with E-state index in [2.05, 4.69) is 23.9 Å². The van der Waals surface area contributed by atoms with Crippen LogP contribution >= 0.6 is 0 Å². The van der Waals surface area contributed by atoms with E-state index in [1.807, 2.05) is 13.0 Å². The molecule has 5 heteroatoms. The molecule has 2 aromatic rings. The van der Waals surface area contributed by atoms with Crippen molar-refractivity contribution >= 4 is 0 Å². The van der Waals surface area contributed by atoms with Crippen LogP contribution in [0.5, 0.6) is 0 Å². The smallest absolute Gasteiger partial charge is 0.153 e. The molecule has 0 aliphatic rings. The topological polar surface area (TPSA) is 39.9 Å². The van der Waals surface area contributed by atoms with E-state index in [0.29, 0.717) is 5.82 Å². The maximum Gasteiger partial charge on any atom is 0.153 e. The van der Waals surface area contributed by atoms with Crippen molar-refractivity contribution < 1.29 is 9.13 Å². The molecule has 0 saturated carbocycles. The Morgan fingerprint density at radius 3 is 2.57 bits per heavy atom. The summed E-state index contributed by atoms with van der Waals surface area (Å²) in [7, 11) is 1.75. The molecule has 0 bridgehead atoms. The number of aryl methyl sites for hydroxylation is 1. The summed E-state index contributed by atoms with van der Waals surface area (Å²) in [5.74, 6) is 1.11. The molecular formula is C16H24FN3O. The van der Waals surface area contributed by atoms with Gasteiger partial charge in [0, 0.05) is 19.9 Å². The normalized spacial score (nSPS) is 11.7. The van der Waals surface area contributed by atoms with E-state index in [1.165, 1.54) is 25.1 Å². The van der Waals surface area contributed by atoms with E-state index in [1.54, 1.807) is 24.1 Å². The summed E-state index contributed by atoms with van der Waals surface area (Å²) >= 11 is 0. The van der Waals surface area contributed by atoms with Crippen LogP contribution in [0.15, 0.2) is 30.6 Å². The highest BCUT2D eigenvalue weighted by molar-refractivity contribution is 5.21. The number of nitrogens with zero attached hydrogens (tertiary/aromatic N) is 3. The second-order valence-corrected chi connectivity index (χ2v) is 5.03. The number of hydrogen-bond acceptors (Lipinski definition) is 3. The van der Waals surface area contributed by atoms with Gasteiger partial charge in [-0.2, -0.15) is 5.10 Å². The predicted molar refractivity (Wildman–Crippen MR) is 82.0 cm³/mol. The second-order valence-electron chi connectivity index (χ2n) is 5.03. The number of hydrogen-bond donors (Lipinski definition) is 0. The lowest BCUT2D eigenvalue weighted by atomic mass is 10.1. The number of halogens is 1. The molecule has 0 N–H and O–H groups in total. The van der Waals surface area contributed by atoms with Gasteiger partial charge in [-0.15, -0.1) is 0 Å². The molecule has 0 amide bonds. The first-order valence-electron chi connectivity index (χ1n) is 7.20. The molecule has 0 aliphatic heterocycles. The Morgan fingerprint density at radius 2 is 2.10 bits per heavy atom. The highest BCUT2D eigenvalue weighted by Gasteiger charge is 1.98. The quantitative estimate of drug-likeness (QED) is 0.842. The summed E-state index contributed by atoms with van der Waals surface area (Å²) in [6, 6.07) is 4.81. The van der Waals surface area contributed by atoms with Crippen LogP contribution < -0.4 is 0 Å². The van der Waals surface area contributed by atoms with Gasteiger partial charge in [0.15, 0.2) is 5.82 Å². The van der Waals surface area contributed by atoms with Crippen LogP contribution in [-0.2, 0) is 4.74 Å². The summed E-state index contributed by atoms with van der Waals surface area (Å²) < 4.78 is 19.0. The van der Waals surface area contributed by atoms with Gasteiger partial charge in [-0.05, 0) is 37.5 Å². The Hall–Kier alpha value is -1.75. The van der Waals surface area contributed by atoms with Gasteiger partial charge in [-0.25, -0.2) is 14.1 Å². The van der Waals surface area contributed by atoms with E-state index in [9.17, 15) is 4.39 Å². The fourth-order valence-electron chi connectivity index (χ4n) is 1.57. The number of rotatable bonds is 5. The Kier molecular flexibility index (Phi) is 7.61. The van der Waals surface area contributed by atoms with Crippen LogP contribution in [0.25, 0.3) is 5.82 Å². The molecule has 2 rings (SSSR count). The summed E-state index contributed by atoms with van der Waals surface area (Å²) in [5, 5.41) is 4.14. The molecule has 1 unspecified atom stereocenters. The van der Waals surface area contributed by atoms with Gasteiger partial charge in [0.05, 0.1) is 11.9 Å². The molecule has 0 radical (unpaired) electrons. The van der Waals surface area contributed by atoms with Crippen molar-refractivity contribution in [2.24, 2.45) is 5.92 Å². The largest absolute Gasteiger partial charge is 0.385 e. The van der Waals surface area contributed by atoms with E-state index >= 15 is 0 Å². The first-order valence-corrected chi connectivity index (χ1v) is 7.20. The molecule has 116 valence electrons. The molecule has 4 nitrogen and oxygen atoms in total. The van der Waals surface area contributed by atoms with Crippen LogP contribution in [0, 0.1) is 18.7 Å². The zero-order valence-electron chi connectivity index (χ0n) is 13.2. The number of pyridine rings is 1. The maximum absolute atomic E-state index is 12.5. The molecule has 0 spiro atoms. The van der Waals surface area contributed by atoms with Crippen LogP contribution in [0.3, 0.4) is 0 Å². The van der Waals surface area contributed by atoms with E-state index < -0.39 is 0 Å². The standard InChI is InChI=1S/C9H8FN3.C7H16O/c1-7-4-5-13(12-7)9-3-2-8(10)6-11-9;1-4-7(2)5-6-8-3/h2-6H,1H3;7H,4-6H2,1-3H3. The van der Waals surface area contributed by atoms with Crippen molar-refractivity contribution in [3.63, 3.8) is 0 Å². The molecule has 2 aromatic heterocycles. The van der Waals surface area contributed by atoms with Crippen molar-refractivity contribution in [3.05, 3.63) is 42.1 Å². The van der Waals surface area contributed by atoms with Crippen molar-refractivity contribution in [3.8, 4) is 5.82 Å². The summed E-state index contributed by atoms with van der Waals surface area (Å²) in [6.45, 7) is 7.26. The lowest BCUT2D eigenvalue weighted by Gasteiger charge is -2.04. The molecule has 2 heterocycles. The van der Waals surface area contributed by atoms with Gasteiger partial charge in [0.2, 0.25) is 0 Å². The molecule has 0 aliphatic carbocycles. The van der Waals surface area contributed by atoms with Gasteiger partial charge >= 0.3 is 0 Å². The predicted octanol–water partition coefficient (Wildman–Crippen LogP) is 3.78. The molecule has 1 atom stereocenters. The van der Waals surface area contributed by atoms with Gasteiger partial charge in [-0.1, -0.05) is 20.3 Å². The van der Waals surface area contributed by atoms with E-state index in [-0.39, 0.29) is 5.82 Å². The van der Waals surface area contributed by atoms with Crippen LogP contribution in [0.4, 0.5) is 4.39 Å². The Labute approximate surface area is 126 Å². The van der Waals surface area contributed by atoms with E-state index in [4.69, 9.17) is 4.74 Å². The molecular weight excluding hydrogens is 269 g/mol. The number of methoxy groups -OCH3 is 1. The van der Waals surface area contributed by atoms with Crippen LogP contribution in [-0.4, -0.2) is 28.5 Å². The lowest BCUT2D eigenvalue weighted by molar-refractivity contribution is 0.179. The molecule has 0 fully saturated rings. The second kappa shape index (κ2) is 9.23. The zero-order valence-corrected chi connectivity index (χ0v) is 13.2. The molecule has 21 heavy (non-hydrogen) atoms. The van der Waals surface area contributed by atoms with Crippen LogP contribution in [0.2, 0.25) is 0 Å². The number of aromatic nitrogens is 3. The maximum atomic E-state index is 12.5. The highest BCUT2D eigenvalue weighted by atomic mass is 19.1. The minimum atomic E-state index is -0.340. The SMILES string of the molecule is CCC(C)CCOC.Cc1ccn(-c2ccc(F)cn2)n1. The van der Waals surface area contributed by atoms with Crippen molar-refractivity contribution in [1.82, 2.24) is 14.8 Å². The van der Waals surface area contributed by atoms with Gasteiger partial charge < -0.3 is 4.74 Å². The Balaban J connectivity index is 0.000000240. The zero-order chi connectivity index (χ0) is 15.7. The van der Waals surface area contributed by atoms with Gasteiger partial charge in [-0.3, -0.25) is 0 Å². The Bertz CT molecular complexity index is 510. The third-order valence-electron chi connectivity index (χ3n) is 3.18. The minimum Gasteiger partial charge on any atom is -0.385 e. The summed E-state index contributed by atoms with van der Waals surface area (Å²) in [6.07, 6.45) is 5.43. The van der Waals surface area contributed by atoms with Gasteiger partial charge in [0.1, 0.15) is 5.82 Å². The third kappa shape index (κ3) is 6.49. The fraction of sp³-hybridized carbons (Fsp3) is 0.500. The average Bonchev–Trinajstić information content (AvgIpc) is 2.92. The highest BCUT2D eigenvalue weighted by Crippen LogP contribution is 2.05. The monoisotopic (exact) mass is 293 g/mol.